The Balaban J connectivity index is 1.96. The van der Waals surface area contributed by atoms with Crippen molar-refractivity contribution in [1.82, 2.24) is 5.32 Å². The van der Waals surface area contributed by atoms with E-state index in [4.69, 9.17) is 0 Å². The molecule has 0 heterocycles. The summed E-state index contributed by atoms with van der Waals surface area (Å²) in [4.78, 5) is 10.4. The number of nitro groups is 1. The van der Waals surface area contributed by atoms with Gasteiger partial charge in [0.1, 0.15) is 0 Å². The molecule has 1 aromatic rings. The van der Waals surface area contributed by atoms with E-state index in [0.717, 1.165) is 31.4 Å². The molecule has 5 nitrogen and oxygen atoms in total. The molecule has 0 aliphatic heterocycles. The van der Waals surface area contributed by atoms with Crippen LogP contribution in [0.15, 0.2) is 24.3 Å². The second kappa shape index (κ2) is 6.12. The van der Waals surface area contributed by atoms with Gasteiger partial charge in [-0.2, -0.15) is 0 Å². The summed E-state index contributed by atoms with van der Waals surface area (Å²) in [6.45, 7) is 2.92. The standard InChI is InChI=1S/C14H20N2O3/c1-2-14(15-9-10-6-13(17)7-10)11-4-3-5-12(8-11)16(18)19/h3-5,8,10,13-15,17H,2,6-7,9H2,1H3. The fourth-order valence-electron chi connectivity index (χ4n) is 2.53. The number of aliphatic hydroxyl groups is 1. The summed E-state index contributed by atoms with van der Waals surface area (Å²) in [7, 11) is 0. The summed E-state index contributed by atoms with van der Waals surface area (Å²) in [6, 6.07) is 6.93. The monoisotopic (exact) mass is 264 g/mol. The third-order valence-electron chi connectivity index (χ3n) is 3.76. The van der Waals surface area contributed by atoms with Crippen molar-refractivity contribution in [3.63, 3.8) is 0 Å². The van der Waals surface area contributed by atoms with Gasteiger partial charge in [-0.15, -0.1) is 0 Å². The van der Waals surface area contributed by atoms with Crippen LogP contribution < -0.4 is 5.32 Å². The quantitative estimate of drug-likeness (QED) is 0.611. The second-order valence-corrected chi connectivity index (χ2v) is 5.21. The van der Waals surface area contributed by atoms with Crippen molar-refractivity contribution in [1.29, 1.82) is 0 Å². The van der Waals surface area contributed by atoms with Crippen molar-refractivity contribution in [2.45, 2.75) is 38.3 Å². The predicted molar refractivity (Wildman–Crippen MR) is 72.9 cm³/mol. The molecule has 19 heavy (non-hydrogen) atoms. The topological polar surface area (TPSA) is 75.4 Å². The van der Waals surface area contributed by atoms with Gasteiger partial charge in [-0.05, 0) is 37.3 Å². The van der Waals surface area contributed by atoms with E-state index in [9.17, 15) is 15.2 Å². The lowest BCUT2D eigenvalue weighted by Gasteiger charge is -2.33. The minimum atomic E-state index is -0.363. The maximum atomic E-state index is 10.8. The normalized spacial score (nSPS) is 23.7. The molecule has 1 aromatic carbocycles. The maximum absolute atomic E-state index is 10.8. The molecule has 0 bridgehead atoms. The van der Waals surface area contributed by atoms with Gasteiger partial charge in [0.15, 0.2) is 0 Å². The Hall–Kier alpha value is -1.46. The first kappa shape index (κ1) is 14.0. The van der Waals surface area contributed by atoms with Crippen molar-refractivity contribution in [3.8, 4) is 0 Å². The van der Waals surface area contributed by atoms with E-state index in [-0.39, 0.29) is 22.8 Å². The van der Waals surface area contributed by atoms with Crippen LogP contribution >= 0.6 is 0 Å². The molecular weight excluding hydrogens is 244 g/mol. The Bertz CT molecular complexity index is 444. The Morgan fingerprint density at radius 3 is 2.84 bits per heavy atom. The first-order chi connectivity index (χ1) is 9.10. The van der Waals surface area contributed by atoms with Crippen LogP contribution in [-0.2, 0) is 0 Å². The number of nitrogens with zero attached hydrogens (tertiary/aromatic N) is 1. The predicted octanol–water partition coefficient (Wildman–Crippen LogP) is 2.41. The Labute approximate surface area is 112 Å². The average molecular weight is 264 g/mol. The van der Waals surface area contributed by atoms with Crippen molar-refractivity contribution in [3.05, 3.63) is 39.9 Å². The van der Waals surface area contributed by atoms with Crippen LogP contribution in [-0.4, -0.2) is 22.7 Å². The highest BCUT2D eigenvalue weighted by Gasteiger charge is 2.27. The van der Waals surface area contributed by atoms with E-state index in [0.29, 0.717) is 5.92 Å². The number of hydrogen-bond donors (Lipinski definition) is 2. The van der Waals surface area contributed by atoms with E-state index in [2.05, 4.69) is 12.2 Å². The minimum Gasteiger partial charge on any atom is -0.393 e. The van der Waals surface area contributed by atoms with Gasteiger partial charge in [-0.3, -0.25) is 10.1 Å². The first-order valence-electron chi connectivity index (χ1n) is 6.76. The van der Waals surface area contributed by atoms with Crippen molar-refractivity contribution in [2.24, 2.45) is 5.92 Å². The third-order valence-corrected chi connectivity index (χ3v) is 3.76. The molecule has 1 saturated carbocycles. The number of nitro benzene ring substituents is 1. The van der Waals surface area contributed by atoms with Gasteiger partial charge in [-0.1, -0.05) is 19.1 Å². The molecule has 2 N–H and O–H groups in total. The smallest absolute Gasteiger partial charge is 0.269 e. The van der Waals surface area contributed by atoms with Crippen LogP contribution in [0.5, 0.6) is 0 Å². The zero-order valence-corrected chi connectivity index (χ0v) is 11.1. The summed E-state index contributed by atoms with van der Waals surface area (Å²) in [6.07, 6.45) is 2.47. The van der Waals surface area contributed by atoms with Crippen LogP contribution in [0, 0.1) is 16.0 Å². The minimum absolute atomic E-state index is 0.135. The molecule has 0 radical (unpaired) electrons. The molecule has 5 heteroatoms. The number of aliphatic hydroxyl groups excluding tert-OH is 1. The molecule has 1 fully saturated rings. The largest absolute Gasteiger partial charge is 0.393 e. The molecule has 0 saturated heterocycles. The lowest BCUT2D eigenvalue weighted by atomic mass is 9.82. The van der Waals surface area contributed by atoms with Gasteiger partial charge in [0, 0.05) is 18.2 Å². The summed E-state index contributed by atoms with van der Waals surface area (Å²) < 4.78 is 0. The third kappa shape index (κ3) is 3.52. The zero-order valence-electron chi connectivity index (χ0n) is 11.1. The zero-order chi connectivity index (χ0) is 13.8. The van der Waals surface area contributed by atoms with E-state index < -0.39 is 0 Å². The molecular formula is C14H20N2O3. The average Bonchev–Trinajstić information content (AvgIpc) is 2.37. The van der Waals surface area contributed by atoms with Gasteiger partial charge in [0.2, 0.25) is 0 Å². The second-order valence-electron chi connectivity index (χ2n) is 5.21. The molecule has 1 aliphatic carbocycles. The van der Waals surface area contributed by atoms with Crippen molar-refractivity contribution >= 4 is 5.69 Å². The number of non-ortho nitro benzene ring substituents is 1. The molecule has 2 rings (SSSR count). The van der Waals surface area contributed by atoms with Crippen LogP contribution in [0.3, 0.4) is 0 Å². The molecule has 0 amide bonds. The highest BCUT2D eigenvalue weighted by molar-refractivity contribution is 5.35. The summed E-state index contributed by atoms with van der Waals surface area (Å²) in [5.41, 5.74) is 1.09. The first-order valence-corrected chi connectivity index (χ1v) is 6.76. The number of benzene rings is 1. The SMILES string of the molecule is CCC(NCC1CC(O)C1)c1cccc([N+](=O)[O-])c1. The van der Waals surface area contributed by atoms with Gasteiger partial charge in [0.25, 0.3) is 5.69 Å². The molecule has 1 unspecified atom stereocenters. The Kier molecular flexibility index (Phi) is 4.50. The van der Waals surface area contributed by atoms with Crippen molar-refractivity contribution in [2.75, 3.05) is 6.54 Å². The summed E-state index contributed by atoms with van der Waals surface area (Å²) in [5, 5.41) is 23.5. The maximum Gasteiger partial charge on any atom is 0.269 e. The lowest BCUT2D eigenvalue weighted by molar-refractivity contribution is -0.384. The number of nitrogens with one attached hydrogen (secondary N) is 1. The van der Waals surface area contributed by atoms with E-state index >= 15 is 0 Å². The molecule has 1 aliphatic rings. The molecule has 0 aromatic heterocycles. The van der Waals surface area contributed by atoms with Crippen molar-refractivity contribution < 1.29 is 10.0 Å². The van der Waals surface area contributed by atoms with Crippen LogP contribution in [0.4, 0.5) is 5.69 Å². The molecule has 0 spiro atoms. The Morgan fingerprint density at radius 2 is 2.26 bits per heavy atom. The lowest BCUT2D eigenvalue weighted by Crippen LogP contribution is -2.37. The highest BCUT2D eigenvalue weighted by atomic mass is 16.6. The van der Waals surface area contributed by atoms with Gasteiger partial charge in [-0.25, -0.2) is 0 Å². The summed E-state index contributed by atoms with van der Waals surface area (Å²) in [5.74, 6) is 0.530. The van der Waals surface area contributed by atoms with E-state index in [1.54, 1.807) is 12.1 Å². The summed E-state index contributed by atoms with van der Waals surface area (Å²) >= 11 is 0. The van der Waals surface area contributed by atoms with Crippen LogP contribution in [0.2, 0.25) is 0 Å². The fraction of sp³-hybridized carbons (Fsp3) is 0.571. The highest BCUT2D eigenvalue weighted by Crippen LogP contribution is 2.28. The Morgan fingerprint density at radius 1 is 1.53 bits per heavy atom. The van der Waals surface area contributed by atoms with Crippen LogP contribution in [0.1, 0.15) is 37.8 Å². The number of rotatable bonds is 6. The van der Waals surface area contributed by atoms with Gasteiger partial charge >= 0.3 is 0 Å². The van der Waals surface area contributed by atoms with E-state index in [1.807, 2.05) is 6.07 Å². The molecule has 1 atom stereocenters. The fourth-order valence-corrected chi connectivity index (χ4v) is 2.53. The van der Waals surface area contributed by atoms with Gasteiger partial charge < -0.3 is 10.4 Å². The van der Waals surface area contributed by atoms with E-state index in [1.165, 1.54) is 6.07 Å². The number of hydrogen-bond acceptors (Lipinski definition) is 4. The van der Waals surface area contributed by atoms with Crippen LogP contribution in [0.25, 0.3) is 0 Å². The molecule has 104 valence electrons. The van der Waals surface area contributed by atoms with Gasteiger partial charge in [0.05, 0.1) is 11.0 Å².